The molecule has 1 atom stereocenters. The number of hydrogen-bond acceptors (Lipinski definition) is 5. The van der Waals surface area contributed by atoms with Crippen molar-refractivity contribution in [3.05, 3.63) is 53.5 Å². The van der Waals surface area contributed by atoms with Crippen LogP contribution in [0.2, 0.25) is 0 Å². The largest absolute Gasteiger partial charge is 0.472 e. The molecule has 1 unspecified atom stereocenters. The van der Waals surface area contributed by atoms with Crippen molar-refractivity contribution in [2.45, 2.75) is 37.6 Å². The summed E-state index contributed by atoms with van der Waals surface area (Å²) in [5, 5.41) is 5.10. The zero-order valence-electron chi connectivity index (χ0n) is 15.4. The normalized spacial score (nSPS) is 12.3. The van der Waals surface area contributed by atoms with Gasteiger partial charge in [0.2, 0.25) is 5.91 Å². The number of carbonyl (C=O) groups excluding carboxylic acids is 2. The van der Waals surface area contributed by atoms with E-state index in [1.54, 1.807) is 37.6 Å². The van der Waals surface area contributed by atoms with Crippen molar-refractivity contribution in [1.82, 2.24) is 15.4 Å². The fourth-order valence-corrected chi connectivity index (χ4v) is 3.85. The van der Waals surface area contributed by atoms with Gasteiger partial charge in [-0.05, 0) is 36.6 Å². The standard InChI is InChI=1S/C18H23N3O5S/c1-4-15(14-7-8-26-11-14)20-17(22)10-13-6-5-12(2)16(9-13)27(24,25)21-18(23)19-3/h5-9,11,15H,4,10H2,1-3H3,(H,20,22)(H2,19,21,23). The van der Waals surface area contributed by atoms with Gasteiger partial charge in [0.05, 0.1) is 29.9 Å². The summed E-state index contributed by atoms with van der Waals surface area (Å²) >= 11 is 0. The molecular formula is C18H23N3O5S. The summed E-state index contributed by atoms with van der Waals surface area (Å²) in [6, 6.07) is 5.47. The van der Waals surface area contributed by atoms with E-state index < -0.39 is 16.1 Å². The van der Waals surface area contributed by atoms with Gasteiger partial charge in [0.1, 0.15) is 0 Å². The van der Waals surface area contributed by atoms with Gasteiger partial charge in [0, 0.05) is 12.6 Å². The Morgan fingerprint density at radius 1 is 1.22 bits per heavy atom. The quantitative estimate of drug-likeness (QED) is 0.665. The molecule has 3 N–H and O–H groups in total. The molecule has 8 nitrogen and oxygen atoms in total. The first-order valence-electron chi connectivity index (χ1n) is 8.42. The average molecular weight is 393 g/mol. The Balaban J connectivity index is 2.15. The minimum atomic E-state index is -4.03. The first-order chi connectivity index (χ1) is 12.8. The molecule has 0 aliphatic heterocycles. The average Bonchev–Trinajstić information content (AvgIpc) is 3.15. The molecule has 1 heterocycles. The molecule has 0 aliphatic carbocycles. The van der Waals surface area contributed by atoms with Crippen molar-refractivity contribution in [3.8, 4) is 0 Å². The number of benzene rings is 1. The van der Waals surface area contributed by atoms with E-state index in [9.17, 15) is 18.0 Å². The maximum atomic E-state index is 12.4. The lowest BCUT2D eigenvalue weighted by atomic mass is 10.1. The van der Waals surface area contributed by atoms with Crippen molar-refractivity contribution in [2.75, 3.05) is 7.05 Å². The highest BCUT2D eigenvalue weighted by atomic mass is 32.2. The van der Waals surface area contributed by atoms with Crippen LogP contribution in [0, 0.1) is 6.92 Å². The fraction of sp³-hybridized carbons (Fsp3) is 0.333. The molecule has 0 bridgehead atoms. The molecule has 2 rings (SSSR count). The summed E-state index contributed by atoms with van der Waals surface area (Å²) in [7, 11) is -2.71. The Labute approximate surface area is 158 Å². The van der Waals surface area contributed by atoms with Crippen molar-refractivity contribution in [1.29, 1.82) is 0 Å². The van der Waals surface area contributed by atoms with E-state index in [-0.39, 0.29) is 23.3 Å². The van der Waals surface area contributed by atoms with Crippen molar-refractivity contribution in [3.63, 3.8) is 0 Å². The van der Waals surface area contributed by atoms with Crippen LogP contribution in [-0.2, 0) is 21.2 Å². The number of rotatable bonds is 7. The third-order valence-electron chi connectivity index (χ3n) is 4.05. The van der Waals surface area contributed by atoms with Gasteiger partial charge in [0.25, 0.3) is 10.0 Å². The van der Waals surface area contributed by atoms with Crippen LogP contribution in [0.4, 0.5) is 4.79 Å². The Kier molecular flexibility index (Phi) is 6.62. The lowest BCUT2D eigenvalue weighted by Crippen LogP contribution is -2.37. The first-order valence-corrected chi connectivity index (χ1v) is 9.90. The van der Waals surface area contributed by atoms with E-state index in [0.717, 1.165) is 5.56 Å². The van der Waals surface area contributed by atoms with Gasteiger partial charge < -0.3 is 15.1 Å². The Hall–Kier alpha value is -2.81. The summed E-state index contributed by atoms with van der Waals surface area (Å²) < 4.78 is 31.7. The minimum absolute atomic E-state index is 0.0110. The van der Waals surface area contributed by atoms with E-state index in [0.29, 0.717) is 17.5 Å². The van der Waals surface area contributed by atoms with Gasteiger partial charge in [-0.3, -0.25) is 4.79 Å². The second-order valence-electron chi connectivity index (χ2n) is 6.05. The van der Waals surface area contributed by atoms with E-state index >= 15 is 0 Å². The number of carbonyl (C=O) groups is 2. The summed E-state index contributed by atoms with van der Waals surface area (Å²) in [6.45, 7) is 3.56. The predicted molar refractivity (Wildman–Crippen MR) is 99.5 cm³/mol. The second-order valence-corrected chi connectivity index (χ2v) is 7.70. The van der Waals surface area contributed by atoms with Crippen molar-refractivity contribution < 1.29 is 22.4 Å². The van der Waals surface area contributed by atoms with Crippen LogP contribution in [0.15, 0.2) is 46.1 Å². The van der Waals surface area contributed by atoms with Crippen LogP contribution in [0.1, 0.15) is 36.1 Å². The molecule has 0 saturated carbocycles. The fourth-order valence-electron chi connectivity index (χ4n) is 2.60. The molecule has 9 heteroatoms. The van der Waals surface area contributed by atoms with Crippen LogP contribution < -0.4 is 15.4 Å². The van der Waals surface area contributed by atoms with Crippen LogP contribution in [0.3, 0.4) is 0 Å². The molecule has 3 amide bonds. The monoisotopic (exact) mass is 393 g/mol. The third-order valence-corrected chi connectivity index (χ3v) is 5.52. The SMILES string of the molecule is CCC(NC(=O)Cc1ccc(C)c(S(=O)(=O)NC(=O)NC)c1)c1ccoc1. The van der Waals surface area contributed by atoms with E-state index in [2.05, 4.69) is 10.6 Å². The number of hydrogen-bond donors (Lipinski definition) is 3. The molecule has 0 aliphatic rings. The molecule has 1 aromatic heterocycles. The molecule has 0 saturated heterocycles. The molecular weight excluding hydrogens is 370 g/mol. The van der Waals surface area contributed by atoms with Gasteiger partial charge in [-0.1, -0.05) is 19.1 Å². The highest BCUT2D eigenvalue weighted by Gasteiger charge is 2.21. The van der Waals surface area contributed by atoms with E-state index in [4.69, 9.17) is 4.42 Å². The smallest absolute Gasteiger partial charge is 0.328 e. The highest BCUT2D eigenvalue weighted by Crippen LogP contribution is 2.19. The van der Waals surface area contributed by atoms with Crippen LogP contribution in [-0.4, -0.2) is 27.4 Å². The number of sulfonamides is 1. The van der Waals surface area contributed by atoms with Gasteiger partial charge in [-0.15, -0.1) is 0 Å². The second kappa shape index (κ2) is 8.72. The van der Waals surface area contributed by atoms with Gasteiger partial charge in [-0.2, -0.15) is 0 Å². The molecule has 0 spiro atoms. The zero-order valence-corrected chi connectivity index (χ0v) is 16.2. The number of urea groups is 1. The maximum absolute atomic E-state index is 12.4. The summed E-state index contributed by atoms with van der Waals surface area (Å²) in [5.41, 5.74) is 1.87. The van der Waals surface area contributed by atoms with Crippen LogP contribution in [0.25, 0.3) is 0 Å². The Morgan fingerprint density at radius 2 is 1.96 bits per heavy atom. The van der Waals surface area contributed by atoms with E-state index in [1.807, 2.05) is 11.6 Å². The molecule has 27 heavy (non-hydrogen) atoms. The topological polar surface area (TPSA) is 118 Å². The van der Waals surface area contributed by atoms with Gasteiger partial charge in [-0.25, -0.2) is 17.9 Å². The van der Waals surface area contributed by atoms with Crippen molar-refractivity contribution in [2.24, 2.45) is 0 Å². The number of aryl methyl sites for hydroxylation is 1. The summed E-state index contributed by atoms with van der Waals surface area (Å²) in [6.07, 6.45) is 3.82. The highest BCUT2D eigenvalue weighted by molar-refractivity contribution is 7.90. The number of furan rings is 1. The Morgan fingerprint density at radius 3 is 2.56 bits per heavy atom. The van der Waals surface area contributed by atoms with Gasteiger partial charge in [0.15, 0.2) is 0 Å². The minimum Gasteiger partial charge on any atom is -0.472 e. The molecule has 146 valence electrons. The maximum Gasteiger partial charge on any atom is 0.328 e. The summed E-state index contributed by atoms with van der Waals surface area (Å²) in [5.74, 6) is -0.241. The van der Waals surface area contributed by atoms with Gasteiger partial charge >= 0.3 is 6.03 Å². The van der Waals surface area contributed by atoms with E-state index in [1.165, 1.54) is 13.1 Å². The van der Waals surface area contributed by atoms with Crippen LogP contribution >= 0.6 is 0 Å². The lowest BCUT2D eigenvalue weighted by molar-refractivity contribution is -0.121. The predicted octanol–water partition coefficient (Wildman–Crippen LogP) is 2.02. The lowest BCUT2D eigenvalue weighted by Gasteiger charge is -2.16. The number of amides is 3. The zero-order chi connectivity index (χ0) is 20.0. The molecule has 2 aromatic rings. The van der Waals surface area contributed by atoms with Crippen LogP contribution in [0.5, 0.6) is 0 Å². The summed E-state index contributed by atoms with van der Waals surface area (Å²) in [4.78, 5) is 23.7. The molecule has 0 fully saturated rings. The molecule has 1 aromatic carbocycles. The third kappa shape index (κ3) is 5.33. The molecule has 0 radical (unpaired) electrons. The Bertz CT molecular complexity index is 907. The number of nitrogens with one attached hydrogen (secondary N) is 3. The first kappa shape index (κ1) is 20.5. The van der Waals surface area contributed by atoms with Crippen molar-refractivity contribution >= 4 is 22.0 Å².